The molecule has 7 heteroatoms. The van der Waals surface area contributed by atoms with Crippen LogP contribution in [-0.4, -0.2) is 27.1 Å². The molecule has 0 atom stereocenters. The molecule has 1 aliphatic carbocycles. The van der Waals surface area contributed by atoms with E-state index in [1.54, 1.807) is 0 Å². The number of hydrogen-bond donors (Lipinski definition) is 3. The maximum Gasteiger partial charge on any atom is 0.323 e. The van der Waals surface area contributed by atoms with Gasteiger partial charge < -0.3 is 10.1 Å². The number of anilines is 2. The number of ether oxygens (including phenoxy) is 1. The van der Waals surface area contributed by atoms with Crippen LogP contribution in [0.1, 0.15) is 39.5 Å². The van der Waals surface area contributed by atoms with Crippen LogP contribution < -0.4 is 21.3 Å². The van der Waals surface area contributed by atoms with Crippen LogP contribution in [0.3, 0.4) is 0 Å². The van der Waals surface area contributed by atoms with Crippen molar-refractivity contribution in [1.82, 2.24) is 15.0 Å². The van der Waals surface area contributed by atoms with Crippen molar-refractivity contribution in [2.24, 2.45) is 5.84 Å². The molecule has 18 heavy (non-hydrogen) atoms. The van der Waals surface area contributed by atoms with Crippen molar-refractivity contribution in [3.8, 4) is 6.01 Å². The van der Waals surface area contributed by atoms with Crippen LogP contribution in [0, 0.1) is 0 Å². The molecule has 7 nitrogen and oxygen atoms in total. The minimum atomic E-state index is 0.0786. The molecule has 0 aliphatic heterocycles. The first-order chi connectivity index (χ1) is 8.65. The van der Waals surface area contributed by atoms with Crippen molar-refractivity contribution in [1.29, 1.82) is 0 Å². The van der Waals surface area contributed by atoms with E-state index in [0.29, 0.717) is 24.5 Å². The molecule has 2 rings (SSSR count). The highest BCUT2D eigenvalue weighted by Crippen LogP contribution is 2.34. The third kappa shape index (κ3) is 2.98. The summed E-state index contributed by atoms with van der Waals surface area (Å²) in [5.74, 6) is 6.15. The lowest BCUT2D eigenvalue weighted by Gasteiger charge is -2.39. The third-order valence-corrected chi connectivity index (χ3v) is 3.05. The second-order valence-electron chi connectivity index (χ2n) is 4.80. The van der Waals surface area contributed by atoms with Gasteiger partial charge in [-0.15, -0.1) is 0 Å². The van der Waals surface area contributed by atoms with Gasteiger partial charge in [0.15, 0.2) is 0 Å². The summed E-state index contributed by atoms with van der Waals surface area (Å²) >= 11 is 0. The number of nitrogens with two attached hydrogens (primary N) is 1. The van der Waals surface area contributed by atoms with E-state index in [9.17, 15) is 0 Å². The lowest BCUT2D eigenvalue weighted by atomic mass is 9.79. The highest BCUT2D eigenvalue weighted by molar-refractivity contribution is 5.37. The number of hydrogen-bond acceptors (Lipinski definition) is 7. The molecule has 1 fully saturated rings. The monoisotopic (exact) mass is 252 g/mol. The van der Waals surface area contributed by atoms with E-state index in [1.165, 1.54) is 6.42 Å². The first-order valence-electron chi connectivity index (χ1n) is 6.29. The van der Waals surface area contributed by atoms with Gasteiger partial charge in [-0.05, 0) is 32.6 Å². The van der Waals surface area contributed by atoms with Gasteiger partial charge in [0.1, 0.15) is 0 Å². The molecule has 0 spiro atoms. The lowest BCUT2D eigenvalue weighted by Crippen LogP contribution is -2.42. The molecule has 1 aromatic rings. The van der Waals surface area contributed by atoms with E-state index in [1.807, 2.05) is 6.92 Å². The Bertz CT molecular complexity index is 407. The van der Waals surface area contributed by atoms with Crippen LogP contribution in [0.25, 0.3) is 0 Å². The van der Waals surface area contributed by atoms with E-state index in [0.717, 1.165) is 19.3 Å². The summed E-state index contributed by atoms with van der Waals surface area (Å²) in [5.41, 5.74) is 2.50. The summed E-state index contributed by atoms with van der Waals surface area (Å²) in [6.07, 6.45) is 4.37. The Kier molecular flexibility index (Phi) is 3.81. The first kappa shape index (κ1) is 12.8. The van der Waals surface area contributed by atoms with Gasteiger partial charge in [-0.1, -0.05) is 6.92 Å². The zero-order chi connectivity index (χ0) is 13.0. The third-order valence-electron chi connectivity index (χ3n) is 3.05. The van der Waals surface area contributed by atoms with Gasteiger partial charge in [0.05, 0.1) is 6.61 Å². The van der Waals surface area contributed by atoms with Gasteiger partial charge in [0.2, 0.25) is 11.9 Å². The van der Waals surface area contributed by atoms with Crippen LogP contribution in [0.5, 0.6) is 6.01 Å². The Balaban J connectivity index is 2.12. The second kappa shape index (κ2) is 5.34. The van der Waals surface area contributed by atoms with E-state index < -0.39 is 0 Å². The fraction of sp³-hybridized carbons (Fsp3) is 0.727. The number of nitrogens with one attached hydrogen (secondary N) is 2. The Morgan fingerprint density at radius 2 is 2.00 bits per heavy atom. The van der Waals surface area contributed by atoms with Crippen LogP contribution in [-0.2, 0) is 0 Å². The number of nitrogen functional groups attached to an aromatic ring is 1. The van der Waals surface area contributed by atoms with E-state index in [-0.39, 0.29) is 5.54 Å². The SMILES string of the molecule is CCCOc1nc(NN)nc(NC2(C)CCC2)n1. The van der Waals surface area contributed by atoms with Gasteiger partial charge in [-0.3, -0.25) is 5.43 Å². The fourth-order valence-corrected chi connectivity index (χ4v) is 1.84. The van der Waals surface area contributed by atoms with Gasteiger partial charge >= 0.3 is 6.01 Å². The van der Waals surface area contributed by atoms with E-state index in [2.05, 4.69) is 32.6 Å². The minimum absolute atomic E-state index is 0.0786. The predicted octanol–water partition coefficient (Wildman–Crippen LogP) is 1.30. The second-order valence-corrected chi connectivity index (χ2v) is 4.80. The van der Waals surface area contributed by atoms with Crippen molar-refractivity contribution in [2.45, 2.75) is 45.1 Å². The predicted molar refractivity (Wildman–Crippen MR) is 69.3 cm³/mol. The topological polar surface area (TPSA) is 98.0 Å². The molecule has 0 unspecified atom stereocenters. The summed E-state index contributed by atoms with van der Waals surface area (Å²) in [7, 11) is 0. The summed E-state index contributed by atoms with van der Waals surface area (Å²) in [6, 6.07) is 0.297. The van der Waals surface area contributed by atoms with Crippen molar-refractivity contribution >= 4 is 11.9 Å². The molecule has 100 valence electrons. The molecule has 1 saturated carbocycles. The summed E-state index contributed by atoms with van der Waals surface area (Å²) < 4.78 is 5.41. The molecular weight excluding hydrogens is 232 g/mol. The smallest absolute Gasteiger partial charge is 0.323 e. The molecule has 1 aliphatic rings. The zero-order valence-corrected chi connectivity index (χ0v) is 10.9. The molecular formula is C11H20N6O. The molecule has 0 aromatic carbocycles. The van der Waals surface area contributed by atoms with Crippen LogP contribution in [0.2, 0.25) is 0 Å². The van der Waals surface area contributed by atoms with Gasteiger partial charge in [-0.2, -0.15) is 15.0 Å². The van der Waals surface area contributed by atoms with Crippen LogP contribution in [0.15, 0.2) is 0 Å². The number of rotatable bonds is 6. The number of hydrazine groups is 1. The summed E-state index contributed by atoms with van der Waals surface area (Å²) in [4.78, 5) is 12.5. The highest BCUT2D eigenvalue weighted by atomic mass is 16.5. The first-order valence-corrected chi connectivity index (χ1v) is 6.29. The van der Waals surface area contributed by atoms with Gasteiger partial charge in [0.25, 0.3) is 0 Å². The maximum atomic E-state index is 5.41. The Labute approximate surface area is 107 Å². The molecule has 1 heterocycles. The van der Waals surface area contributed by atoms with E-state index >= 15 is 0 Å². The largest absolute Gasteiger partial charge is 0.463 e. The average molecular weight is 252 g/mol. The van der Waals surface area contributed by atoms with E-state index in [4.69, 9.17) is 10.6 Å². The van der Waals surface area contributed by atoms with Crippen molar-refractivity contribution in [3.63, 3.8) is 0 Å². The van der Waals surface area contributed by atoms with Crippen molar-refractivity contribution in [2.75, 3.05) is 17.3 Å². The van der Waals surface area contributed by atoms with Crippen LogP contribution >= 0.6 is 0 Å². The minimum Gasteiger partial charge on any atom is -0.463 e. The normalized spacial score (nSPS) is 16.8. The molecule has 0 amide bonds. The molecule has 0 radical (unpaired) electrons. The average Bonchev–Trinajstić information content (AvgIpc) is 2.34. The van der Waals surface area contributed by atoms with Gasteiger partial charge in [-0.25, -0.2) is 5.84 Å². The Morgan fingerprint density at radius 3 is 2.56 bits per heavy atom. The Morgan fingerprint density at radius 1 is 1.28 bits per heavy atom. The van der Waals surface area contributed by atoms with Gasteiger partial charge in [0, 0.05) is 5.54 Å². The molecule has 1 aromatic heterocycles. The lowest BCUT2D eigenvalue weighted by molar-refractivity contribution is 0.288. The fourth-order valence-electron chi connectivity index (χ4n) is 1.84. The summed E-state index contributed by atoms with van der Waals surface area (Å²) in [6.45, 7) is 4.75. The van der Waals surface area contributed by atoms with Crippen LogP contribution in [0.4, 0.5) is 11.9 Å². The summed E-state index contributed by atoms with van der Waals surface area (Å²) in [5, 5.41) is 3.31. The molecule has 4 N–H and O–H groups in total. The van der Waals surface area contributed by atoms with Crippen molar-refractivity contribution < 1.29 is 4.74 Å². The Hall–Kier alpha value is -1.63. The number of nitrogens with zero attached hydrogens (tertiary/aromatic N) is 3. The number of aromatic nitrogens is 3. The van der Waals surface area contributed by atoms with Crippen molar-refractivity contribution in [3.05, 3.63) is 0 Å². The molecule has 0 saturated heterocycles. The zero-order valence-electron chi connectivity index (χ0n) is 10.9. The quantitative estimate of drug-likeness (QED) is 0.518. The molecule has 0 bridgehead atoms. The highest BCUT2D eigenvalue weighted by Gasteiger charge is 2.32. The standard InChI is InChI=1S/C11H20N6O/c1-3-7-18-10-14-8(13-9(15-10)17-12)16-11(2)5-4-6-11/h3-7,12H2,1-2H3,(H2,13,14,15,16,17). The maximum absolute atomic E-state index is 5.41.